The summed E-state index contributed by atoms with van der Waals surface area (Å²) in [5, 5.41) is 11.5. The van der Waals surface area contributed by atoms with Crippen LogP contribution in [0.2, 0.25) is 0 Å². The Morgan fingerprint density at radius 2 is 2.20 bits per heavy atom. The zero-order chi connectivity index (χ0) is 13.8. The van der Waals surface area contributed by atoms with Gasteiger partial charge in [-0.1, -0.05) is 6.92 Å². The summed E-state index contributed by atoms with van der Waals surface area (Å²) in [6.07, 6.45) is 2.85. The van der Waals surface area contributed by atoms with Crippen LogP contribution in [0.5, 0.6) is 5.75 Å². The van der Waals surface area contributed by atoms with Crippen molar-refractivity contribution in [2.75, 3.05) is 19.7 Å². The lowest BCUT2D eigenvalue weighted by molar-refractivity contribution is 0.357. The maximum Gasteiger partial charge on any atom is 0.247 e. The second-order valence-electron chi connectivity index (χ2n) is 4.92. The Morgan fingerprint density at radius 3 is 3.10 bits per heavy atom. The molecule has 1 N–H and O–H groups in total. The Bertz CT molecular complexity index is 580. The van der Waals surface area contributed by atoms with Crippen molar-refractivity contribution in [1.29, 1.82) is 0 Å². The summed E-state index contributed by atoms with van der Waals surface area (Å²) in [5.74, 6) is 2.24. The number of rotatable bonds is 6. The summed E-state index contributed by atoms with van der Waals surface area (Å²) < 4.78 is 11.2. The minimum Gasteiger partial charge on any atom is -0.493 e. The standard InChI is InChI=1S/C15H19N3O2/c1-2-7-16-8-5-14-17-18-15(20-14)12-3-4-13-11(10-12)6-9-19-13/h3-4,10,16H,2,5-9H2,1H3. The second kappa shape index (κ2) is 6.05. The predicted octanol–water partition coefficient (Wildman–Crippen LogP) is 2.21. The number of nitrogens with one attached hydrogen (secondary N) is 1. The van der Waals surface area contributed by atoms with Crippen molar-refractivity contribution in [1.82, 2.24) is 15.5 Å². The third-order valence-electron chi connectivity index (χ3n) is 3.35. The van der Waals surface area contributed by atoms with E-state index in [1.54, 1.807) is 0 Å². The molecule has 0 unspecified atom stereocenters. The molecule has 0 saturated carbocycles. The molecule has 0 radical (unpaired) electrons. The van der Waals surface area contributed by atoms with Crippen LogP contribution in [-0.4, -0.2) is 29.9 Å². The average molecular weight is 273 g/mol. The van der Waals surface area contributed by atoms with Crippen LogP contribution in [0, 0.1) is 0 Å². The van der Waals surface area contributed by atoms with Gasteiger partial charge in [0.05, 0.1) is 6.61 Å². The molecule has 1 aliphatic heterocycles. The second-order valence-corrected chi connectivity index (χ2v) is 4.92. The van der Waals surface area contributed by atoms with Crippen molar-refractivity contribution in [2.45, 2.75) is 26.2 Å². The SMILES string of the molecule is CCCNCCc1nnc(-c2ccc3c(c2)CCO3)o1. The van der Waals surface area contributed by atoms with Crippen LogP contribution in [0.25, 0.3) is 11.5 Å². The molecule has 2 aromatic rings. The van der Waals surface area contributed by atoms with Crippen molar-refractivity contribution in [3.8, 4) is 17.2 Å². The molecule has 0 aliphatic carbocycles. The highest BCUT2D eigenvalue weighted by atomic mass is 16.5. The molecule has 106 valence electrons. The highest BCUT2D eigenvalue weighted by molar-refractivity contribution is 5.57. The van der Waals surface area contributed by atoms with Crippen molar-refractivity contribution in [2.24, 2.45) is 0 Å². The van der Waals surface area contributed by atoms with E-state index >= 15 is 0 Å². The minimum absolute atomic E-state index is 0.588. The zero-order valence-electron chi connectivity index (χ0n) is 11.7. The van der Waals surface area contributed by atoms with Crippen LogP contribution in [0.4, 0.5) is 0 Å². The number of hydrogen-bond acceptors (Lipinski definition) is 5. The summed E-state index contributed by atoms with van der Waals surface area (Å²) >= 11 is 0. The molecule has 2 heterocycles. The van der Waals surface area contributed by atoms with Crippen molar-refractivity contribution < 1.29 is 9.15 Å². The van der Waals surface area contributed by atoms with Gasteiger partial charge in [-0.05, 0) is 36.7 Å². The molecule has 5 heteroatoms. The van der Waals surface area contributed by atoms with E-state index in [1.807, 2.05) is 12.1 Å². The molecule has 0 amide bonds. The summed E-state index contributed by atoms with van der Waals surface area (Å²) in [6, 6.07) is 6.02. The van der Waals surface area contributed by atoms with Crippen LogP contribution in [-0.2, 0) is 12.8 Å². The molecule has 0 bridgehead atoms. The van der Waals surface area contributed by atoms with Crippen LogP contribution >= 0.6 is 0 Å². The number of fused-ring (bicyclic) bond motifs is 1. The molecule has 0 saturated heterocycles. The van der Waals surface area contributed by atoms with Gasteiger partial charge in [0, 0.05) is 24.9 Å². The highest BCUT2D eigenvalue weighted by Gasteiger charge is 2.15. The van der Waals surface area contributed by atoms with E-state index in [1.165, 1.54) is 5.56 Å². The molecule has 0 atom stereocenters. The quantitative estimate of drug-likeness (QED) is 0.818. The summed E-state index contributed by atoms with van der Waals surface area (Å²) in [7, 11) is 0. The van der Waals surface area contributed by atoms with Gasteiger partial charge in [0.25, 0.3) is 0 Å². The highest BCUT2D eigenvalue weighted by Crippen LogP contribution is 2.29. The normalized spacial score (nSPS) is 13.2. The number of nitrogens with zero attached hydrogens (tertiary/aromatic N) is 2. The van der Waals surface area contributed by atoms with E-state index in [9.17, 15) is 0 Å². The summed E-state index contributed by atoms with van der Waals surface area (Å²) in [5.41, 5.74) is 2.18. The van der Waals surface area contributed by atoms with Gasteiger partial charge in [0.1, 0.15) is 5.75 Å². The van der Waals surface area contributed by atoms with Crippen LogP contribution < -0.4 is 10.1 Å². The van der Waals surface area contributed by atoms with E-state index in [-0.39, 0.29) is 0 Å². The van der Waals surface area contributed by atoms with Crippen LogP contribution in [0.3, 0.4) is 0 Å². The maximum absolute atomic E-state index is 5.71. The largest absolute Gasteiger partial charge is 0.493 e. The molecule has 0 fully saturated rings. The van der Waals surface area contributed by atoms with E-state index in [4.69, 9.17) is 9.15 Å². The Kier molecular flexibility index (Phi) is 3.97. The van der Waals surface area contributed by atoms with Crippen molar-refractivity contribution >= 4 is 0 Å². The average Bonchev–Trinajstić information content (AvgIpc) is 3.11. The monoisotopic (exact) mass is 273 g/mol. The Labute approximate surface area is 118 Å². The molecule has 0 spiro atoms. The molecular formula is C15H19N3O2. The van der Waals surface area contributed by atoms with E-state index in [0.717, 1.165) is 50.3 Å². The van der Waals surface area contributed by atoms with Gasteiger partial charge in [0.2, 0.25) is 11.8 Å². The minimum atomic E-state index is 0.588. The first-order chi connectivity index (χ1) is 9.86. The van der Waals surface area contributed by atoms with Gasteiger partial charge >= 0.3 is 0 Å². The fraction of sp³-hybridized carbons (Fsp3) is 0.467. The Balaban J connectivity index is 1.67. The van der Waals surface area contributed by atoms with Gasteiger partial charge in [0.15, 0.2) is 0 Å². The van der Waals surface area contributed by atoms with Crippen molar-refractivity contribution in [3.63, 3.8) is 0 Å². The number of aromatic nitrogens is 2. The van der Waals surface area contributed by atoms with Crippen LogP contribution in [0.15, 0.2) is 22.6 Å². The molecule has 1 aromatic carbocycles. The van der Waals surface area contributed by atoms with Gasteiger partial charge in [-0.3, -0.25) is 0 Å². The van der Waals surface area contributed by atoms with Gasteiger partial charge in [-0.2, -0.15) is 0 Å². The number of benzene rings is 1. The van der Waals surface area contributed by atoms with Crippen molar-refractivity contribution in [3.05, 3.63) is 29.7 Å². The summed E-state index contributed by atoms with van der Waals surface area (Å²) in [6.45, 7) is 4.80. The first-order valence-electron chi connectivity index (χ1n) is 7.16. The van der Waals surface area contributed by atoms with Gasteiger partial charge < -0.3 is 14.5 Å². The lowest BCUT2D eigenvalue weighted by atomic mass is 10.1. The van der Waals surface area contributed by atoms with E-state index < -0.39 is 0 Å². The fourth-order valence-electron chi connectivity index (χ4n) is 2.29. The molecular weight excluding hydrogens is 254 g/mol. The van der Waals surface area contributed by atoms with Gasteiger partial charge in [-0.15, -0.1) is 10.2 Å². The zero-order valence-corrected chi connectivity index (χ0v) is 11.7. The lowest BCUT2D eigenvalue weighted by Crippen LogP contribution is -2.17. The van der Waals surface area contributed by atoms with Crippen LogP contribution in [0.1, 0.15) is 24.8 Å². The third-order valence-corrected chi connectivity index (χ3v) is 3.35. The lowest BCUT2D eigenvalue weighted by Gasteiger charge is -2.00. The Morgan fingerprint density at radius 1 is 1.25 bits per heavy atom. The first kappa shape index (κ1) is 13.1. The predicted molar refractivity (Wildman–Crippen MR) is 75.8 cm³/mol. The molecule has 20 heavy (non-hydrogen) atoms. The molecule has 3 rings (SSSR count). The smallest absolute Gasteiger partial charge is 0.247 e. The fourth-order valence-corrected chi connectivity index (χ4v) is 2.29. The number of ether oxygens (including phenoxy) is 1. The molecule has 1 aliphatic rings. The molecule has 5 nitrogen and oxygen atoms in total. The molecule has 1 aromatic heterocycles. The number of hydrogen-bond donors (Lipinski definition) is 1. The third kappa shape index (κ3) is 2.82. The van der Waals surface area contributed by atoms with E-state index in [0.29, 0.717) is 11.8 Å². The topological polar surface area (TPSA) is 60.2 Å². The summed E-state index contributed by atoms with van der Waals surface area (Å²) in [4.78, 5) is 0. The Hall–Kier alpha value is -1.88. The van der Waals surface area contributed by atoms with E-state index in [2.05, 4.69) is 28.5 Å². The van der Waals surface area contributed by atoms with Gasteiger partial charge in [-0.25, -0.2) is 0 Å². The first-order valence-corrected chi connectivity index (χ1v) is 7.16. The maximum atomic E-state index is 5.71.